The van der Waals surface area contributed by atoms with Gasteiger partial charge in [-0.3, -0.25) is 0 Å². The number of fused-ring (bicyclic) bond motifs is 14. The molecule has 0 aliphatic heterocycles. The summed E-state index contributed by atoms with van der Waals surface area (Å²) in [6, 6.07) is 52.3. The summed E-state index contributed by atoms with van der Waals surface area (Å²) in [5.41, 5.74) is 16.1. The van der Waals surface area contributed by atoms with Crippen molar-refractivity contribution in [3.05, 3.63) is 167 Å². The second-order valence-electron chi connectivity index (χ2n) is 15.9. The fourth-order valence-corrected chi connectivity index (χ4v) is 10.4. The van der Waals surface area contributed by atoms with Crippen LogP contribution in [0, 0.1) is 22.7 Å². The Labute approximate surface area is 313 Å². The molecule has 0 unspecified atom stereocenters. The number of hydrogen-bond acceptors (Lipinski definition) is 2. The van der Waals surface area contributed by atoms with Crippen molar-refractivity contribution in [2.75, 3.05) is 0 Å². The first-order chi connectivity index (χ1) is 26.3. The van der Waals surface area contributed by atoms with E-state index < -0.39 is 0 Å². The highest BCUT2D eigenvalue weighted by Gasteiger charge is 2.40. The number of benzene rings is 7. The van der Waals surface area contributed by atoms with Gasteiger partial charge in [-0.1, -0.05) is 125 Å². The summed E-state index contributed by atoms with van der Waals surface area (Å²) in [6.07, 6.45) is 0. The number of nitriles is 2. The summed E-state index contributed by atoms with van der Waals surface area (Å²) in [6.45, 7) is 9.26. The maximum atomic E-state index is 11.3. The van der Waals surface area contributed by atoms with Gasteiger partial charge in [-0.2, -0.15) is 10.5 Å². The number of hydrogen-bond donors (Lipinski definition) is 0. The molecule has 0 saturated carbocycles. The van der Waals surface area contributed by atoms with Crippen molar-refractivity contribution < 1.29 is 0 Å². The lowest BCUT2D eigenvalue weighted by Gasteiger charge is -2.23. The molecule has 2 aliphatic rings. The molecule has 4 nitrogen and oxygen atoms in total. The van der Waals surface area contributed by atoms with E-state index in [9.17, 15) is 10.5 Å². The largest absolute Gasteiger partial charge is 0.308 e. The van der Waals surface area contributed by atoms with Crippen LogP contribution in [0.15, 0.2) is 133 Å². The first-order valence-corrected chi connectivity index (χ1v) is 18.6. The minimum Gasteiger partial charge on any atom is -0.308 e. The maximum absolute atomic E-state index is 11.3. The van der Waals surface area contributed by atoms with Crippen molar-refractivity contribution in [3.8, 4) is 45.8 Å². The van der Waals surface area contributed by atoms with Crippen LogP contribution in [-0.4, -0.2) is 9.13 Å². The third-order valence-corrected chi connectivity index (χ3v) is 12.6. The van der Waals surface area contributed by atoms with Crippen LogP contribution in [0.5, 0.6) is 0 Å². The van der Waals surface area contributed by atoms with Crippen molar-refractivity contribution in [1.82, 2.24) is 9.13 Å². The minimum absolute atomic E-state index is 0.217. The number of aromatic nitrogens is 2. The van der Waals surface area contributed by atoms with Crippen LogP contribution in [0.25, 0.3) is 77.2 Å². The Morgan fingerprint density at radius 2 is 0.926 bits per heavy atom. The first kappa shape index (κ1) is 30.7. The molecule has 2 heterocycles. The predicted octanol–water partition coefficient (Wildman–Crippen LogP) is 12.2. The second-order valence-corrected chi connectivity index (χ2v) is 15.9. The highest BCUT2D eigenvalue weighted by molar-refractivity contribution is 6.16. The highest BCUT2D eigenvalue weighted by Crippen LogP contribution is 2.55. The molecular weight excluding hydrogens is 657 g/mol. The van der Waals surface area contributed by atoms with Gasteiger partial charge in [-0.25, -0.2) is 0 Å². The quantitative estimate of drug-likeness (QED) is 0.181. The van der Waals surface area contributed by atoms with Crippen LogP contribution in [-0.2, 0) is 10.8 Å². The summed E-state index contributed by atoms with van der Waals surface area (Å²) in [7, 11) is 0. The first-order valence-electron chi connectivity index (χ1n) is 18.6. The highest BCUT2D eigenvalue weighted by atomic mass is 15.0. The molecular formula is C50H34N4. The average Bonchev–Trinajstić information content (AvgIpc) is 3.86. The van der Waals surface area contributed by atoms with E-state index in [1.54, 1.807) is 0 Å². The summed E-state index contributed by atoms with van der Waals surface area (Å²) in [5.74, 6) is 0. The third-order valence-electron chi connectivity index (χ3n) is 12.6. The summed E-state index contributed by atoms with van der Waals surface area (Å²) in [5, 5.41) is 26.7. The number of nitrogens with zero attached hydrogens (tertiary/aromatic N) is 4. The molecule has 0 spiro atoms. The van der Waals surface area contributed by atoms with Crippen LogP contribution in [0.3, 0.4) is 0 Å². The van der Waals surface area contributed by atoms with Crippen LogP contribution >= 0.6 is 0 Å². The van der Waals surface area contributed by atoms with Gasteiger partial charge >= 0.3 is 0 Å². The molecule has 0 saturated heterocycles. The van der Waals surface area contributed by atoms with E-state index in [1.165, 1.54) is 49.9 Å². The zero-order chi connectivity index (χ0) is 36.7. The summed E-state index contributed by atoms with van der Waals surface area (Å²) < 4.78 is 4.43. The van der Waals surface area contributed by atoms with Gasteiger partial charge < -0.3 is 9.13 Å². The molecule has 0 fully saturated rings. The van der Waals surface area contributed by atoms with E-state index in [4.69, 9.17) is 0 Å². The van der Waals surface area contributed by atoms with Gasteiger partial charge in [0.2, 0.25) is 0 Å². The normalized spacial score (nSPS) is 14.6. The van der Waals surface area contributed by atoms with Gasteiger partial charge in [-0.15, -0.1) is 0 Å². The molecule has 2 aliphatic carbocycles. The predicted molar refractivity (Wildman–Crippen MR) is 220 cm³/mol. The average molecular weight is 691 g/mol. The SMILES string of the molecule is CC1(C)c2ccccc2-c2ccc3c(c21)c1ccccc1n3-c1ccc(C#N)c(-n2c3ccccc3c3c4c(ccc32)-c2ccccc2C4(C)C)c1C#N. The molecule has 0 bridgehead atoms. The second kappa shape index (κ2) is 10.4. The minimum atomic E-state index is -0.241. The van der Waals surface area contributed by atoms with Gasteiger partial charge in [-0.05, 0) is 80.9 Å². The standard InChI is InChI=1S/C50H34N4/c1-49(2)37-17-9-5-13-30(37)32-22-25-42-44(46(32)49)34-15-7-11-19-39(34)53(42)41-24-21-29(27-51)48(36(41)28-52)54-40-20-12-8-16-35(40)45-43(54)26-23-33-31-14-6-10-18-38(31)50(3,4)47(33)45/h5-26H,1-4H3. The van der Waals surface area contributed by atoms with Crippen molar-refractivity contribution >= 4 is 43.6 Å². The van der Waals surface area contributed by atoms with Gasteiger partial charge in [0.05, 0.1) is 39.0 Å². The zero-order valence-corrected chi connectivity index (χ0v) is 30.5. The van der Waals surface area contributed by atoms with Crippen molar-refractivity contribution in [3.63, 3.8) is 0 Å². The van der Waals surface area contributed by atoms with Crippen LogP contribution < -0.4 is 0 Å². The van der Waals surface area contributed by atoms with Crippen LogP contribution in [0.4, 0.5) is 0 Å². The number of para-hydroxylation sites is 2. The maximum Gasteiger partial charge on any atom is 0.104 e. The molecule has 0 amide bonds. The molecule has 11 rings (SSSR count). The lowest BCUT2D eigenvalue weighted by atomic mass is 9.80. The molecule has 254 valence electrons. The van der Waals surface area contributed by atoms with E-state index in [2.05, 4.69) is 164 Å². The van der Waals surface area contributed by atoms with E-state index >= 15 is 0 Å². The Bertz CT molecular complexity index is 3240. The molecule has 2 aromatic heterocycles. The van der Waals surface area contributed by atoms with Crippen LogP contribution in [0.1, 0.15) is 61.1 Å². The van der Waals surface area contributed by atoms with E-state index in [0.29, 0.717) is 16.8 Å². The Kier molecular flexibility index (Phi) is 5.90. The van der Waals surface area contributed by atoms with Gasteiger partial charge in [0.15, 0.2) is 0 Å². The van der Waals surface area contributed by atoms with Gasteiger partial charge in [0.1, 0.15) is 17.7 Å². The fraction of sp³-hybridized carbons (Fsp3) is 0.120. The Balaban J connectivity index is 1.25. The fourth-order valence-electron chi connectivity index (χ4n) is 10.4. The molecule has 7 aromatic carbocycles. The third kappa shape index (κ3) is 3.60. The van der Waals surface area contributed by atoms with Crippen molar-refractivity contribution in [2.24, 2.45) is 0 Å². The topological polar surface area (TPSA) is 57.4 Å². The van der Waals surface area contributed by atoms with E-state index in [-0.39, 0.29) is 10.8 Å². The monoisotopic (exact) mass is 690 g/mol. The molecule has 0 N–H and O–H groups in total. The van der Waals surface area contributed by atoms with Gasteiger partial charge in [0.25, 0.3) is 0 Å². The van der Waals surface area contributed by atoms with Crippen LogP contribution in [0.2, 0.25) is 0 Å². The van der Waals surface area contributed by atoms with E-state index in [1.807, 2.05) is 18.2 Å². The molecule has 0 atom stereocenters. The zero-order valence-electron chi connectivity index (χ0n) is 30.5. The summed E-state index contributed by atoms with van der Waals surface area (Å²) in [4.78, 5) is 0. The van der Waals surface area contributed by atoms with Gasteiger partial charge in [0, 0.05) is 32.4 Å². The molecule has 54 heavy (non-hydrogen) atoms. The number of rotatable bonds is 2. The van der Waals surface area contributed by atoms with Crippen molar-refractivity contribution in [2.45, 2.75) is 38.5 Å². The Morgan fingerprint density at radius 3 is 1.46 bits per heavy atom. The van der Waals surface area contributed by atoms with E-state index in [0.717, 1.165) is 43.9 Å². The lowest BCUT2D eigenvalue weighted by Crippen LogP contribution is -2.15. The molecule has 0 radical (unpaired) electrons. The smallest absolute Gasteiger partial charge is 0.104 e. The summed E-state index contributed by atoms with van der Waals surface area (Å²) >= 11 is 0. The Hall–Kier alpha value is -6.88. The Morgan fingerprint density at radius 1 is 0.444 bits per heavy atom. The molecule has 4 heteroatoms. The molecule has 9 aromatic rings. The van der Waals surface area contributed by atoms with Crippen molar-refractivity contribution in [1.29, 1.82) is 10.5 Å². The lowest BCUT2D eigenvalue weighted by molar-refractivity contribution is 0.666.